The Morgan fingerprint density at radius 1 is 1.11 bits per heavy atom. The lowest BCUT2D eigenvalue weighted by Gasteiger charge is -2.04. The van der Waals surface area contributed by atoms with E-state index in [0.29, 0.717) is 6.61 Å². The quantitative estimate of drug-likeness (QED) is 0.659. The summed E-state index contributed by atoms with van der Waals surface area (Å²) in [7, 11) is 0. The topological polar surface area (TPSA) is 39.4 Å². The highest BCUT2D eigenvalue weighted by atomic mass is 16.5. The standard InChI is InChI=1S/C14H15N3O/c1-2-18-10-9-14-16-15-13-8-7-11-5-3-4-6-12(11)17(13)14/h3-8H,2,9-10H2,1H3. The maximum atomic E-state index is 5.39. The van der Waals surface area contributed by atoms with Crippen molar-refractivity contribution in [2.24, 2.45) is 0 Å². The normalized spacial score (nSPS) is 11.4. The highest BCUT2D eigenvalue weighted by Crippen LogP contribution is 2.17. The molecule has 0 spiro atoms. The van der Waals surface area contributed by atoms with Gasteiger partial charge in [0.05, 0.1) is 12.1 Å². The largest absolute Gasteiger partial charge is 0.381 e. The van der Waals surface area contributed by atoms with E-state index in [-0.39, 0.29) is 0 Å². The molecule has 0 saturated carbocycles. The third-order valence-corrected chi connectivity index (χ3v) is 3.02. The first-order chi connectivity index (χ1) is 8.90. The van der Waals surface area contributed by atoms with Crippen molar-refractivity contribution in [3.63, 3.8) is 0 Å². The number of benzene rings is 1. The second-order valence-electron chi connectivity index (χ2n) is 4.15. The Kier molecular flexibility index (Phi) is 2.94. The van der Waals surface area contributed by atoms with Crippen molar-refractivity contribution in [1.82, 2.24) is 14.6 Å². The summed E-state index contributed by atoms with van der Waals surface area (Å²) in [6.07, 6.45) is 0.781. The van der Waals surface area contributed by atoms with Gasteiger partial charge in [-0.2, -0.15) is 0 Å². The van der Waals surface area contributed by atoms with Crippen molar-refractivity contribution < 1.29 is 4.74 Å². The Morgan fingerprint density at radius 3 is 2.89 bits per heavy atom. The van der Waals surface area contributed by atoms with Crippen LogP contribution >= 0.6 is 0 Å². The number of aromatic nitrogens is 3. The number of hydrogen-bond acceptors (Lipinski definition) is 3. The summed E-state index contributed by atoms with van der Waals surface area (Å²) >= 11 is 0. The Balaban J connectivity index is 2.12. The van der Waals surface area contributed by atoms with Gasteiger partial charge in [-0.05, 0) is 30.5 Å². The Hall–Kier alpha value is -1.94. The molecule has 0 aliphatic carbocycles. The molecule has 0 saturated heterocycles. The number of pyridine rings is 1. The van der Waals surface area contributed by atoms with E-state index in [4.69, 9.17) is 4.74 Å². The molecule has 1 aromatic carbocycles. The van der Waals surface area contributed by atoms with Gasteiger partial charge in [-0.3, -0.25) is 4.40 Å². The molecule has 0 N–H and O–H groups in total. The van der Waals surface area contributed by atoms with E-state index in [1.807, 2.05) is 25.1 Å². The van der Waals surface area contributed by atoms with Gasteiger partial charge in [-0.1, -0.05) is 18.2 Å². The van der Waals surface area contributed by atoms with Gasteiger partial charge in [0.2, 0.25) is 0 Å². The first-order valence-corrected chi connectivity index (χ1v) is 6.19. The molecule has 0 amide bonds. The lowest BCUT2D eigenvalue weighted by Crippen LogP contribution is -2.03. The molecule has 92 valence electrons. The van der Waals surface area contributed by atoms with Gasteiger partial charge in [0, 0.05) is 13.0 Å². The van der Waals surface area contributed by atoms with Gasteiger partial charge >= 0.3 is 0 Å². The number of para-hydroxylation sites is 1. The van der Waals surface area contributed by atoms with E-state index in [2.05, 4.69) is 32.8 Å². The van der Waals surface area contributed by atoms with Crippen LogP contribution in [0.3, 0.4) is 0 Å². The molecular weight excluding hydrogens is 226 g/mol. The molecule has 18 heavy (non-hydrogen) atoms. The van der Waals surface area contributed by atoms with Crippen molar-refractivity contribution in [2.45, 2.75) is 13.3 Å². The van der Waals surface area contributed by atoms with Crippen LogP contribution < -0.4 is 0 Å². The molecule has 0 fully saturated rings. The smallest absolute Gasteiger partial charge is 0.161 e. The van der Waals surface area contributed by atoms with Gasteiger partial charge in [0.15, 0.2) is 5.65 Å². The number of rotatable bonds is 4. The maximum Gasteiger partial charge on any atom is 0.161 e. The number of fused-ring (bicyclic) bond motifs is 3. The highest BCUT2D eigenvalue weighted by Gasteiger charge is 2.08. The third-order valence-electron chi connectivity index (χ3n) is 3.02. The second kappa shape index (κ2) is 4.74. The fourth-order valence-corrected chi connectivity index (χ4v) is 2.17. The van der Waals surface area contributed by atoms with Crippen LogP contribution in [0.25, 0.3) is 16.6 Å². The van der Waals surface area contributed by atoms with Gasteiger partial charge in [0.25, 0.3) is 0 Å². The predicted molar refractivity (Wildman–Crippen MR) is 70.7 cm³/mol. The van der Waals surface area contributed by atoms with Crippen LogP contribution in [0, 0.1) is 0 Å². The first kappa shape index (κ1) is 11.2. The van der Waals surface area contributed by atoms with Crippen molar-refractivity contribution >= 4 is 16.6 Å². The van der Waals surface area contributed by atoms with Crippen molar-refractivity contribution in [3.05, 3.63) is 42.2 Å². The molecule has 3 aromatic rings. The van der Waals surface area contributed by atoms with Gasteiger partial charge in [0.1, 0.15) is 5.82 Å². The highest BCUT2D eigenvalue weighted by molar-refractivity contribution is 5.81. The number of nitrogens with zero attached hydrogens (tertiary/aromatic N) is 3. The minimum absolute atomic E-state index is 0.681. The zero-order chi connectivity index (χ0) is 12.4. The number of ether oxygens (including phenoxy) is 1. The summed E-state index contributed by atoms with van der Waals surface area (Å²) in [6, 6.07) is 12.3. The fraction of sp³-hybridized carbons (Fsp3) is 0.286. The summed E-state index contributed by atoms with van der Waals surface area (Å²) in [4.78, 5) is 0. The van der Waals surface area contributed by atoms with Crippen LogP contribution in [-0.2, 0) is 11.2 Å². The van der Waals surface area contributed by atoms with Gasteiger partial charge < -0.3 is 4.74 Å². The third kappa shape index (κ3) is 1.84. The molecule has 3 rings (SSSR count). The van der Waals surface area contributed by atoms with E-state index < -0.39 is 0 Å². The Bertz CT molecular complexity index is 675. The molecular formula is C14H15N3O. The van der Waals surface area contributed by atoms with Crippen LogP contribution in [0.2, 0.25) is 0 Å². The van der Waals surface area contributed by atoms with Crippen LogP contribution in [0.15, 0.2) is 36.4 Å². The van der Waals surface area contributed by atoms with E-state index in [1.165, 1.54) is 5.39 Å². The van der Waals surface area contributed by atoms with Crippen LogP contribution in [0.5, 0.6) is 0 Å². The van der Waals surface area contributed by atoms with Crippen molar-refractivity contribution in [3.8, 4) is 0 Å². The summed E-state index contributed by atoms with van der Waals surface area (Å²) in [5, 5.41) is 9.65. The van der Waals surface area contributed by atoms with E-state index in [0.717, 1.165) is 30.0 Å². The minimum Gasteiger partial charge on any atom is -0.381 e. The molecule has 0 aliphatic rings. The maximum absolute atomic E-state index is 5.39. The average Bonchev–Trinajstić information content (AvgIpc) is 2.83. The molecule has 0 bridgehead atoms. The van der Waals surface area contributed by atoms with Crippen LogP contribution in [-0.4, -0.2) is 27.8 Å². The van der Waals surface area contributed by atoms with E-state index >= 15 is 0 Å². The lowest BCUT2D eigenvalue weighted by molar-refractivity contribution is 0.149. The zero-order valence-corrected chi connectivity index (χ0v) is 10.3. The monoisotopic (exact) mass is 241 g/mol. The molecule has 0 unspecified atom stereocenters. The average molecular weight is 241 g/mol. The Labute approximate surface area is 105 Å². The van der Waals surface area contributed by atoms with Gasteiger partial charge in [-0.25, -0.2) is 0 Å². The SMILES string of the molecule is CCOCCc1nnc2ccc3ccccc3n12. The van der Waals surface area contributed by atoms with E-state index in [1.54, 1.807) is 0 Å². The number of hydrogen-bond donors (Lipinski definition) is 0. The predicted octanol–water partition coefficient (Wildman–Crippen LogP) is 2.46. The zero-order valence-electron chi connectivity index (χ0n) is 10.3. The molecule has 0 atom stereocenters. The summed E-state index contributed by atoms with van der Waals surface area (Å²) < 4.78 is 7.49. The molecule has 2 heterocycles. The molecule has 0 aliphatic heterocycles. The molecule has 2 aromatic heterocycles. The summed E-state index contributed by atoms with van der Waals surface area (Å²) in [5.74, 6) is 0.954. The van der Waals surface area contributed by atoms with Crippen LogP contribution in [0.4, 0.5) is 0 Å². The first-order valence-electron chi connectivity index (χ1n) is 6.19. The van der Waals surface area contributed by atoms with Crippen molar-refractivity contribution in [2.75, 3.05) is 13.2 Å². The van der Waals surface area contributed by atoms with E-state index in [9.17, 15) is 0 Å². The Morgan fingerprint density at radius 2 is 2.00 bits per heavy atom. The second-order valence-corrected chi connectivity index (χ2v) is 4.15. The minimum atomic E-state index is 0.681. The van der Waals surface area contributed by atoms with Crippen molar-refractivity contribution in [1.29, 1.82) is 0 Å². The lowest BCUT2D eigenvalue weighted by atomic mass is 10.2. The van der Waals surface area contributed by atoms with Crippen LogP contribution in [0.1, 0.15) is 12.7 Å². The van der Waals surface area contributed by atoms with Gasteiger partial charge in [-0.15, -0.1) is 10.2 Å². The summed E-state index contributed by atoms with van der Waals surface area (Å²) in [5.41, 5.74) is 2.03. The fourth-order valence-electron chi connectivity index (χ4n) is 2.17. The molecule has 0 radical (unpaired) electrons. The molecule has 4 heteroatoms. The summed E-state index contributed by atoms with van der Waals surface area (Å²) in [6.45, 7) is 3.41. The molecule has 4 nitrogen and oxygen atoms in total.